The fourth-order valence-electron chi connectivity index (χ4n) is 3.63. The summed E-state index contributed by atoms with van der Waals surface area (Å²) >= 11 is 0. The van der Waals surface area contributed by atoms with E-state index in [2.05, 4.69) is 32.3 Å². The van der Waals surface area contributed by atoms with Crippen LogP contribution < -0.4 is 5.56 Å². The van der Waals surface area contributed by atoms with Crippen LogP contribution in [0.15, 0.2) is 33.6 Å². The van der Waals surface area contributed by atoms with Crippen molar-refractivity contribution in [1.82, 2.24) is 25.2 Å². The van der Waals surface area contributed by atoms with E-state index >= 15 is 0 Å². The number of benzene rings is 1. The third kappa shape index (κ3) is 3.26. The molecule has 0 bridgehead atoms. The molecule has 1 N–H and O–H groups in total. The molecule has 3 heterocycles. The van der Waals surface area contributed by atoms with Crippen LogP contribution in [0, 0.1) is 5.92 Å². The number of nitrogens with one attached hydrogen (secondary N) is 1. The lowest BCUT2D eigenvalue weighted by molar-refractivity contribution is 0.216. The molecular weight excluding hydrogens is 330 g/mol. The zero-order chi connectivity index (χ0) is 18.1. The first-order valence-electron chi connectivity index (χ1n) is 9.10. The van der Waals surface area contributed by atoms with Gasteiger partial charge in [-0.2, -0.15) is 10.1 Å². The molecule has 0 unspecified atom stereocenters. The number of hydrogen-bond donors (Lipinski definition) is 1. The first-order chi connectivity index (χ1) is 12.6. The highest BCUT2D eigenvalue weighted by molar-refractivity contribution is 5.84. The quantitative estimate of drug-likeness (QED) is 0.774. The number of piperidine rings is 1. The first-order valence-corrected chi connectivity index (χ1v) is 9.10. The van der Waals surface area contributed by atoms with E-state index in [0.717, 1.165) is 36.4 Å². The summed E-state index contributed by atoms with van der Waals surface area (Å²) in [7, 11) is 2.16. The van der Waals surface area contributed by atoms with E-state index < -0.39 is 0 Å². The van der Waals surface area contributed by atoms with Crippen LogP contribution in [-0.2, 0) is 6.42 Å². The maximum Gasteiger partial charge on any atom is 0.272 e. The smallest absolute Gasteiger partial charge is 0.272 e. The Labute approximate surface area is 151 Å². The molecule has 0 spiro atoms. The molecule has 7 nitrogen and oxygen atoms in total. The Morgan fingerprint density at radius 3 is 2.77 bits per heavy atom. The van der Waals surface area contributed by atoms with Gasteiger partial charge < -0.3 is 9.42 Å². The molecule has 1 atom stereocenters. The summed E-state index contributed by atoms with van der Waals surface area (Å²) in [6.07, 6.45) is 3.19. The van der Waals surface area contributed by atoms with Gasteiger partial charge in [-0.05, 0) is 51.9 Å². The fraction of sp³-hybridized carbons (Fsp3) is 0.474. The predicted octanol–water partition coefficient (Wildman–Crippen LogP) is 2.34. The van der Waals surface area contributed by atoms with Crippen molar-refractivity contribution >= 4 is 10.8 Å². The molecule has 136 valence electrons. The molecule has 2 aromatic heterocycles. The van der Waals surface area contributed by atoms with Crippen LogP contribution in [0.4, 0.5) is 0 Å². The van der Waals surface area contributed by atoms with Gasteiger partial charge in [0.25, 0.3) is 5.56 Å². The summed E-state index contributed by atoms with van der Waals surface area (Å²) in [5.74, 6) is 1.72. The Morgan fingerprint density at radius 2 is 2.00 bits per heavy atom. The van der Waals surface area contributed by atoms with Crippen LogP contribution in [0.1, 0.15) is 43.1 Å². The lowest BCUT2D eigenvalue weighted by Crippen LogP contribution is -2.31. The number of likely N-dealkylation sites (tertiary alicyclic amines) is 1. The number of rotatable bonds is 4. The Kier molecular flexibility index (Phi) is 4.55. The Bertz CT molecular complexity index is 956. The van der Waals surface area contributed by atoms with Crippen LogP contribution in [0.5, 0.6) is 0 Å². The molecule has 1 aliphatic heterocycles. The van der Waals surface area contributed by atoms with Crippen molar-refractivity contribution < 1.29 is 4.52 Å². The van der Waals surface area contributed by atoms with Crippen molar-refractivity contribution in [2.24, 2.45) is 5.92 Å². The summed E-state index contributed by atoms with van der Waals surface area (Å²) < 4.78 is 5.52. The summed E-state index contributed by atoms with van der Waals surface area (Å²) in [6, 6.07) is 7.45. The van der Waals surface area contributed by atoms with Gasteiger partial charge in [0.05, 0.1) is 17.0 Å². The second-order valence-electron chi connectivity index (χ2n) is 7.20. The highest BCUT2D eigenvalue weighted by atomic mass is 16.5. The number of hydrogen-bond acceptors (Lipinski definition) is 6. The lowest BCUT2D eigenvalue weighted by atomic mass is 9.93. The molecule has 4 rings (SSSR count). The van der Waals surface area contributed by atoms with E-state index in [4.69, 9.17) is 4.52 Å². The fourth-order valence-corrected chi connectivity index (χ4v) is 3.63. The van der Waals surface area contributed by atoms with Crippen LogP contribution in [0.3, 0.4) is 0 Å². The van der Waals surface area contributed by atoms with Crippen molar-refractivity contribution in [3.8, 4) is 0 Å². The first kappa shape index (κ1) is 16.9. The minimum absolute atomic E-state index is 0.185. The zero-order valence-electron chi connectivity index (χ0n) is 15.1. The van der Waals surface area contributed by atoms with Crippen LogP contribution in [-0.4, -0.2) is 45.4 Å². The molecule has 0 amide bonds. The maximum absolute atomic E-state index is 12.0. The van der Waals surface area contributed by atoms with Gasteiger partial charge in [0.1, 0.15) is 0 Å². The van der Waals surface area contributed by atoms with Gasteiger partial charge in [-0.1, -0.05) is 23.4 Å². The Balaban J connectivity index is 1.56. The molecule has 1 fully saturated rings. The van der Waals surface area contributed by atoms with Crippen molar-refractivity contribution in [2.45, 2.75) is 32.1 Å². The summed E-state index contributed by atoms with van der Waals surface area (Å²) in [4.78, 5) is 18.9. The molecule has 3 aromatic rings. The van der Waals surface area contributed by atoms with Gasteiger partial charge in [-0.3, -0.25) is 4.79 Å². The topological polar surface area (TPSA) is 87.9 Å². The average Bonchev–Trinajstić information content (AvgIpc) is 3.12. The number of aromatic amines is 1. The molecule has 1 aliphatic rings. The Morgan fingerprint density at radius 1 is 1.27 bits per heavy atom. The monoisotopic (exact) mass is 353 g/mol. The Hall–Kier alpha value is -2.54. The SMILES string of the molecule is C[C@@H](c1nc(CC2CCN(C)CC2)no1)c1n[nH]c(=O)c2ccccc12. The normalized spacial score (nSPS) is 17.6. The van der Waals surface area contributed by atoms with E-state index in [0.29, 0.717) is 17.2 Å². The van der Waals surface area contributed by atoms with Gasteiger partial charge in [-0.15, -0.1) is 0 Å². The van der Waals surface area contributed by atoms with Gasteiger partial charge in [0.2, 0.25) is 5.89 Å². The van der Waals surface area contributed by atoms with E-state index in [1.807, 2.05) is 25.1 Å². The minimum Gasteiger partial charge on any atom is -0.339 e. The van der Waals surface area contributed by atoms with Crippen LogP contribution in [0.25, 0.3) is 10.8 Å². The maximum atomic E-state index is 12.0. The minimum atomic E-state index is -0.190. The number of aromatic nitrogens is 4. The molecule has 0 radical (unpaired) electrons. The summed E-state index contributed by atoms with van der Waals surface area (Å²) in [5, 5.41) is 12.4. The second-order valence-corrected chi connectivity index (χ2v) is 7.20. The van der Waals surface area contributed by atoms with Gasteiger partial charge in [0, 0.05) is 11.8 Å². The standard InChI is InChI=1S/C19H23N5O2/c1-12(17-14-5-3-4-6-15(14)18(25)22-21-17)19-20-16(23-26-19)11-13-7-9-24(2)10-8-13/h3-6,12-13H,7-11H2,1-2H3,(H,22,25)/t12-/m1/s1. The largest absolute Gasteiger partial charge is 0.339 e. The van der Waals surface area contributed by atoms with E-state index in [-0.39, 0.29) is 11.5 Å². The third-order valence-corrected chi connectivity index (χ3v) is 5.30. The van der Waals surface area contributed by atoms with Gasteiger partial charge >= 0.3 is 0 Å². The van der Waals surface area contributed by atoms with Gasteiger partial charge in [-0.25, -0.2) is 5.10 Å². The second kappa shape index (κ2) is 6.99. The lowest BCUT2D eigenvalue weighted by Gasteiger charge is -2.28. The number of fused-ring (bicyclic) bond motifs is 1. The van der Waals surface area contributed by atoms with Crippen molar-refractivity contribution in [3.05, 3.63) is 52.0 Å². The molecule has 0 aliphatic carbocycles. The number of nitrogens with zero attached hydrogens (tertiary/aromatic N) is 4. The molecule has 0 saturated carbocycles. The van der Waals surface area contributed by atoms with Gasteiger partial charge in [0.15, 0.2) is 5.82 Å². The van der Waals surface area contributed by atoms with Crippen molar-refractivity contribution in [1.29, 1.82) is 0 Å². The number of H-pyrrole nitrogens is 1. The van der Waals surface area contributed by atoms with Crippen LogP contribution >= 0.6 is 0 Å². The average molecular weight is 353 g/mol. The van der Waals surface area contributed by atoms with Crippen LogP contribution in [0.2, 0.25) is 0 Å². The molecular formula is C19H23N5O2. The zero-order valence-corrected chi connectivity index (χ0v) is 15.1. The molecule has 1 saturated heterocycles. The van der Waals surface area contributed by atoms with Crippen molar-refractivity contribution in [2.75, 3.05) is 20.1 Å². The highest BCUT2D eigenvalue weighted by Crippen LogP contribution is 2.27. The van der Waals surface area contributed by atoms with Crippen molar-refractivity contribution in [3.63, 3.8) is 0 Å². The summed E-state index contributed by atoms with van der Waals surface area (Å²) in [6.45, 7) is 4.22. The molecule has 1 aromatic carbocycles. The van der Waals surface area contributed by atoms with E-state index in [9.17, 15) is 4.79 Å². The predicted molar refractivity (Wildman–Crippen MR) is 98.1 cm³/mol. The molecule has 7 heteroatoms. The third-order valence-electron chi connectivity index (χ3n) is 5.30. The molecule has 26 heavy (non-hydrogen) atoms. The van der Waals surface area contributed by atoms with E-state index in [1.165, 1.54) is 12.8 Å². The van der Waals surface area contributed by atoms with E-state index in [1.54, 1.807) is 6.07 Å². The summed E-state index contributed by atoms with van der Waals surface area (Å²) in [5.41, 5.74) is 0.555. The highest BCUT2D eigenvalue weighted by Gasteiger charge is 2.23.